The van der Waals surface area contributed by atoms with E-state index < -0.39 is 0 Å². The molecule has 0 heterocycles. The molecule has 3 heteroatoms. The number of hydrogen-bond acceptors (Lipinski definition) is 3. The molecule has 3 fully saturated rings. The van der Waals surface area contributed by atoms with Gasteiger partial charge in [0.15, 0.2) is 5.78 Å². The molecule has 0 spiro atoms. The van der Waals surface area contributed by atoms with E-state index in [9.17, 15) is 9.59 Å². The molecule has 34 heavy (non-hydrogen) atoms. The lowest BCUT2D eigenvalue weighted by Crippen LogP contribution is -2.47. The van der Waals surface area contributed by atoms with Crippen LogP contribution in [0.1, 0.15) is 111 Å². The Morgan fingerprint density at radius 2 is 1.82 bits per heavy atom. The van der Waals surface area contributed by atoms with Crippen LogP contribution in [-0.4, -0.2) is 17.9 Å². The van der Waals surface area contributed by atoms with Gasteiger partial charge in [-0.2, -0.15) is 0 Å². The lowest BCUT2D eigenvalue weighted by atomic mass is 9.52. The highest BCUT2D eigenvalue weighted by Crippen LogP contribution is 2.61. The maximum Gasteiger partial charge on any atom is 0.309 e. The van der Waals surface area contributed by atoms with Crippen molar-refractivity contribution in [2.45, 2.75) is 117 Å². The summed E-state index contributed by atoms with van der Waals surface area (Å²) in [4.78, 5) is 25.7. The zero-order chi connectivity index (χ0) is 24.1. The van der Waals surface area contributed by atoms with Crippen molar-refractivity contribution in [2.75, 3.05) is 0 Å². The molecule has 0 aromatic rings. The number of rotatable bonds is 5. The molecule has 3 nitrogen and oxygen atoms in total. The summed E-state index contributed by atoms with van der Waals surface area (Å²) < 4.78 is 6.33. The summed E-state index contributed by atoms with van der Waals surface area (Å²) in [6.45, 7) is 8.89. The van der Waals surface area contributed by atoms with Crippen molar-refractivity contribution in [3.63, 3.8) is 0 Å². The number of carbonyl (C=O) groups is 2. The van der Waals surface area contributed by atoms with Crippen LogP contribution >= 0.6 is 0 Å². The standard InChI is InChI=1S/C31H46O3/c1-5-6-7-20-8-10-21(11-9-20)29(33)34-28-15-14-26-24-13-12-22-18-27(32)30(2,3)19-25(22)23(24)16-17-31(26,28)4/h14,18,20-21,23-25,28H,5-13,15-17,19H2,1-4H3/t20?,21?,23-,24+,25-,28-,31-/m0/s1. The van der Waals surface area contributed by atoms with Gasteiger partial charge in [0.1, 0.15) is 6.10 Å². The van der Waals surface area contributed by atoms with Crippen LogP contribution in [0.2, 0.25) is 0 Å². The van der Waals surface area contributed by atoms with E-state index in [4.69, 9.17) is 4.74 Å². The number of unbranched alkanes of at least 4 members (excludes halogenated alkanes) is 1. The van der Waals surface area contributed by atoms with Crippen LogP contribution in [0.4, 0.5) is 0 Å². The van der Waals surface area contributed by atoms with E-state index in [2.05, 4.69) is 33.8 Å². The monoisotopic (exact) mass is 466 g/mol. The molecule has 0 unspecified atom stereocenters. The molecule has 5 aliphatic carbocycles. The van der Waals surface area contributed by atoms with Crippen LogP contribution in [0, 0.1) is 40.4 Å². The number of allylic oxidation sites excluding steroid dienone is 2. The lowest BCUT2D eigenvalue weighted by molar-refractivity contribution is -0.161. The highest BCUT2D eigenvalue weighted by molar-refractivity contribution is 5.96. The second kappa shape index (κ2) is 9.25. The highest BCUT2D eigenvalue weighted by atomic mass is 16.5. The van der Waals surface area contributed by atoms with E-state index in [1.807, 2.05) is 6.08 Å². The van der Waals surface area contributed by atoms with Crippen molar-refractivity contribution in [2.24, 2.45) is 40.4 Å². The first kappa shape index (κ1) is 24.3. The van der Waals surface area contributed by atoms with Gasteiger partial charge in [0.2, 0.25) is 0 Å². The minimum Gasteiger partial charge on any atom is -0.461 e. The van der Waals surface area contributed by atoms with E-state index in [0.29, 0.717) is 23.5 Å². The van der Waals surface area contributed by atoms with E-state index in [0.717, 1.165) is 50.9 Å². The van der Waals surface area contributed by atoms with Gasteiger partial charge < -0.3 is 4.74 Å². The minimum atomic E-state index is -0.228. The Balaban J connectivity index is 1.22. The van der Waals surface area contributed by atoms with Crippen molar-refractivity contribution >= 4 is 11.8 Å². The number of ether oxygens (including phenoxy) is 1. The Kier molecular flexibility index (Phi) is 6.61. The topological polar surface area (TPSA) is 43.4 Å². The molecule has 0 radical (unpaired) electrons. The molecule has 0 aliphatic heterocycles. The van der Waals surface area contributed by atoms with Crippen LogP contribution < -0.4 is 0 Å². The molecule has 0 aromatic heterocycles. The third-order valence-electron chi connectivity index (χ3n) is 10.7. The third-order valence-corrected chi connectivity index (χ3v) is 10.7. The molecule has 5 rings (SSSR count). The molecule has 5 atom stereocenters. The number of hydrogen-bond donors (Lipinski definition) is 0. The Labute approximate surface area is 207 Å². The van der Waals surface area contributed by atoms with Gasteiger partial charge >= 0.3 is 5.97 Å². The van der Waals surface area contributed by atoms with Crippen molar-refractivity contribution in [1.82, 2.24) is 0 Å². The van der Waals surface area contributed by atoms with Gasteiger partial charge in [0.05, 0.1) is 5.92 Å². The molecule has 0 bridgehead atoms. The largest absolute Gasteiger partial charge is 0.461 e. The molecule has 188 valence electrons. The fourth-order valence-corrected chi connectivity index (χ4v) is 8.40. The maximum atomic E-state index is 13.2. The fraction of sp³-hybridized carbons (Fsp3) is 0.806. The van der Waals surface area contributed by atoms with Gasteiger partial charge in [-0.15, -0.1) is 0 Å². The average Bonchev–Trinajstić information content (AvgIpc) is 3.14. The summed E-state index contributed by atoms with van der Waals surface area (Å²) in [6.07, 6.45) is 19.3. The van der Waals surface area contributed by atoms with Crippen molar-refractivity contribution in [1.29, 1.82) is 0 Å². The van der Waals surface area contributed by atoms with Gasteiger partial charge in [-0.1, -0.05) is 64.2 Å². The van der Waals surface area contributed by atoms with Gasteiger partial charge in [-0.3, -0.25) is 9.59 Å². The molecule has 0 saturated heterocycles. The Bertz CT molecular complexity index is 871. The van der Waals surface area contributed by atoms with Crippen LogP contribution in [0.25, 0.3) is 0 Å². The molecular formula is C31H46O3. The van der Waals surface area contributed by atoms with Gasteiger partial charge in [-0.05, 0) is 87.5 Å². The Morgan fingerprint density at radius 1 is 1.06 bits per heavy atom. The summed E-state index contributed by atoms with van der Waals surface area (Å²) in [7, 11) is 0. The van der Waals surface area contributed by atoms with Crippen molar-refractivity contribution in [3.8, 4) is 0 Å². The van der Waals surface area contributed by atoms with Crippen LogP contribution in [0.15, 0.2) is 23.3 Å². The van der Waals surface area contributed by atoms with E-state index in [-0.39, 0.29) is 28.8 Å². The second-order valence-corrected chi connectivity index (χ2v) is 13.2. The number of fused-ring (bicyclic) bond motifs is 5. The first-order valence-corrected chi connectivity index (χ1v) is 14.4. The minimum absolute atomic E-state index is 0.0103. The zero-order valence-corrected chi connectivity index (χ0v) is 22.0. The number of esters is 1. The smallest absolute Gasteiger partial charge is 0.309 e. The average molecular weight is 467 g/mol. The number of carbonyl (C=O) groups excluding carboxylic acids is 2. The molecule has 0 amide bonds. The molecule has 0 aromatic carbocycles. The third kappa shape index (κ3) is 4.24. The van der Waals surface area contributed by atoms with Crippen molar-refractivity contribution < 1.29 is 14.3 Å². The van der Waals surface area contributed by atoms with Gasteiger partial charge in [0.25, 0.3) is 0 Å². The zero-order valence-electron chi connectivity index (χ0n) is 22.0. The van der Waals surface area contributed by atoms with E-state index >= 15 is 0 Å². The van der Waals surface area contributed by atoms with E-state index in [1.165, 1.54) is 44.1 Å². The number of ketones is 1. The van der Waals surface area contributed by atoms with Crippen molar-refractivity contribution in [3.05, 3.63) is 23.3 Å². The fourth-order valence-electron chi connectivity index (χ4n) is 8.40. The summed E-state index contributed by atoms with van der Waals surface area (Å²) >= 11 is 0. The Hall–Kier alpha value is -1.38. The van der Waals surface area contributed by atoms with Crippen LogP contribution in [0.3, 0.4) is 0 Å². The molecular weight excluding hydrogens is 420 g/mol. The lowest BCUT2D eigenvalue weighted by Gasteiger charge is -2.52. The first-order chi connectivity index (χ1) is 16.2. The van der Waals surface area contributed by atoms with Gasteiger partial charge in [0, 0.05) is 17.3 Å². The normalized spacial score (nSPS) is 41.0. The predicted molar refractivity (Wildman–Crippen MR) is 136 cm³/mol. The summed E-state index contributed by atoms with van der Waals surface area (Å²) in [5, 5.41) is 0. The Morgan fingerprint density at radius 3 is 2.56 bits per heavy atom. The van der Waals surface area contributed by atoms with Gasteiger partial charge in [-0.25, -0.2) is 0 Å². The van der Waals surface area contributed by atoms with E-state index in [1.54, 1.807) is 5.57 Å². The maximum absolute atomic E-state index is 13.2. The summed E-state index contributed by atoms with van der Waals surface area (Å²) in [5.41, 5.74) is 2.79. The SMILES string of the molecule is CCCCC1CCC(C(=O)O[C@H]2CC=C3[C@@H]4CCC5=CC(=O)C(C)(C)C[C@@H]5[C@H]4CC[C@@]32C)CC1. The first-order valence-electron chi connectivity index (χ1n) is 14.4. The highest BCUT2D eigenvalue weighted by Gasteiger charge is 2.55. The molecule has 5 aliphatic rings. The van der Waals surface area contributed by atoms with Crippen LogP contribution in [-0.2, 0) is 14.3 Å². The summed E-state index contributed by atoms with van der Waals surface area (Å²) in [6, 6.07) is 0. The quantitative estimate of drug-likeness (QED) is 0.309. The van der Waals surface area contributed by atoms with Crippen LogP contribution in [0.5, 0.6) is 0 Å². The predicted octanol–water partition coefficient (Wildman–Crippen LogP) is 7.59. The molecule has 0 N–H and O–H groups in total. The second-order valence-electron chi connectivity index (χ2n) is 13.2. The summed E-state index contributed by atoms with van der Waals surface area (Å²) in [5.74, 6) is 3.15. The molecule has 3 saturated carbocycles.